The number of hydrogen-bond donors (Lipinski definition) is 1. The Kier molecular flexibility index (Phi) is 5.14. The molecular weight excluding hydrogens is 282 g/mol. The molecule has 0 bridgehead atoms. The summed E-state index contributed by atoms with van der Waals surface area (Å²) in [6.07, 6.45) is 6.05. The van der Waals surface area contributed by atoms with E-state index in [4.69, 9.17) is 9.72 Å². The van der Waals surface area contributed by atoms with Crippen molar-refractivity contribution in [2.45, 2.75) is 45.1 Å². The molecule has 118 valence electrons. The third kappa shape index (κ3) is 3.58. The summed E-state index contributed by atoms with van der Waals surface area (Å²) < 4.78 is 5.45. The smallest absolute Gasteiger partial charge is 0.185 e. The number of anilines is 1. The summed E-state index contributed by atoms with van der Waals surface area (Å²) in [5, 5.41) is 4.81. The Bertz CT molecular complexity index is 456. The summed E-state index contributed by atoms with van der Waals surface area (Å²) in [5.74, 6) is 0.759. The van der Waals surface area contributed by atoms with Gasteiger partial charge >= 0.3 is 0 Å². The minimum absolute atomic E-state index is 0.529. The molecule has 2 heterocycles. The Hall–Kier alpha value is -0.650. The summed E-state index contributed by atoms with van der Waals surface area (Å²) >= 11 is 1.90. The summed E-state index contributed by atoms with van der Waals surface area (Å²) in [4.78, 5) is 8.77. The quantitative estimate of drug-likeness (QED) is 0.907. The molecule has 2 aliphatic rings. The molecule has 0 aromatic carbocycles. The number of rotatable bonds is 5. The van der Waals surface area contributed by atoms with Gasteiger partial charge in [-0.15, -0.1) is 0 Å². The zero-order valence-corrected chi connectivity index (χ0v) is 14.0. The van der Waals surface area contributed by atoms with Crippen molar-refractivity contribution in [3.8, 4) is 0 Å². The first kappa shape index (κ1) is 15.3. The van der Waals surface area contributed by atoms with Gasteiger partial charge in [0.05, 0.1) is 5.69 Å². The van der Waals surface area contributed by atoms with Crippen LogP contribution in [0.2, 0.25) is 0 Å². The van der Waals surface area contributed by atoms with Gasteiger partial charge in [0.2, 0.25) is 0 Å². The van der Waals surface area contributed by atoms with E-state index < -0.39 is 0 Å². The molecule has 1 unspecified atom stereocenters. The Morgan fingerprint density at radius 2 is 2.14 bits per heavy atom. The number of fused-ring (bicyclic) bond motifs is 1. The SMILES string of the molecule is CCNC1CCCc2nc(N(C)CC3CCOCC3)sc21. The van der Waals surface area contributed by atoms with E-state index in [2.05, 4.69) is 24.2 Å². The van der Waals surface area contributed by atoms with E-state index in [9.17, 15) is 0 Å². The fraction of sp³-hybridized carbons (Fsp3) is 0.812. The van der Waals surface area contributed by atoms with Crippen LogP contribution in [-0.2, 0) is 11.2 Å². The molecular formula is C16H27N3OS. The van der Waals surface area contributed by atoms with Gasteiger partial charge in [-0.05, 0) is 44.6 Å². The van der Waals surface area contributed by atoms with Gasteiger partial charge in [-0.3, -0.25) is 0 Å². The van der Waals surface area contributed by atoms with Crippen LogP contribution < -0.4 is 10.2 Å². The maximum absolute atomic E-state index is 5.45. The number of hydrogen-bond acceptors (Lipinski definition) is 5. The normalized spacial score (nSPS) is 23.0. The van der Waals surface area contributed by atoms with Gasteiger partial charge in [-0.2, -0.15) is 0 Å². The summed E-state index contributed by atoms with van der Waals surface area (Å²) in [5.41, 5.74) is 1.34. The predicted molar refractivity (Wildman–Crippen MR) is 88.3 cm³/mol. The van der Waals surface area contributed by atoms with Gasteiger partial charge in [-0.25, -0.2) is 4.98 Å². The van der Waals surface area contributed by atoms with Crippen molar-refractivity contribution in [3.05, 3.63) is 10.6 Å². The highest BCUT2D eigenvalue weighted by molar-refractivity contribution is 7.15. The maximum atomic E-state index is 5.45. The molecule has 1 N–H and O–H groups in total. The molecule has 4 nitrogen and oxygen atoms in total. The lowest BCUT2D eigenvalue weighted by Crippen LogP contribution is -2.29. The third-order valence-electron chi connectivity index (χ3n) is 4.59. The molecule has 1 saturated heterocycles. The van der Waals surface area contributed by atoms with Crippen molar-refractivity contribution in [2.75, 3.05) is 38.3 Å². The van der Waals surface area contributed by atoms with Gasteiger partial charge in [0.15, 0.2) is 5.13 Å². The number of ether oxygens (including phenoxy) is 1. The lowest BCUT2D eigenvalue weighted by Gasteiger charge is -2.26. The predicted octanol–water partition coefficient (Wildman–Crippen LogP) is 2.99. The molecule has 1 atom stereocenters. The highest BCUT2D eigenvalue weighted by Gasteiger charge is 2.25. The van der Waals surface area contributed by atoms with Crippen molar-refractivity contribution >= 4 is 16.5 Å². The van der Waals surface area contributed by atoms with Gasteiger partial charge < -0.3 is 15.0 Å². The van der Waals surface area contributed by atoms with Crippen LogP contribution in [0.1, 0.15) is 49.2 Å². The Morgan fingerprint density at radius 3 is 2.90 bits per heavy atom. The molecule has 3 rings (SSSR count). The number of aromatic nitrogens is 1. The van der Waals surface area contributed by atoms with Crippen LogP contribution in [0.25, 0.3) is 0 Å². The largest absolute Gasteiger partial charge is 0.381 e. The van der Waals surface area contributed by atoms with Crippen LogP contribution in [0.4, 0.5) is 5.13 Å². The van der Waals surface area contributed by atoms with Crippen molar-refractivity contribution in [3.63, 3.8) is 0 Å². The molecule has 5 heteroatoms. The van der Waals surface area contributed by atoms with Crippen molar-refractivity contribution in [1.82, 2.24) is 10.3 Å². The molecule has 1 aliphatic carbocycles. The van der Waals surface area contributed by atoms with Crippen LogP contribution in [-0.4, -0.2) is 38.3 Å². The molecule has 0 radical (unpaired) electrons. The standard InChI is InChI=1S/C16H27N3OS/c1-3-17-13-5-4-6-14-15(13)21-16(18-14)19(2)11-12-7-9-20-10-8-12/h12-13,17H,3-11H2,1-2H3. The fourth-order valence-electron chi connectivity index (χ4n) is 3.41. The first-order chi connectivity index (χ1) is 10.3. The second-order valence-corrected chi connectivity index (χ2v) is 7.26. The highest BCUT2D eigenvalue weighted by Crippen LogP contribution is 2.37. The van der Waals surface area contributed by atoms with E-state index >= 15 is 0 Å². The number of aryl methyl sites for hydroxylation is 1. The number of nitrogens with zero attached hydrogens (tertiary/aromatic N) is 2. The molecule has 0 spiro atoms. The van der Waals surface area contributed by atoms with E-state index in [0.717, 1.165) is 38.6 Å². The average molecular weight is 309 g/mol. The van der Waals surface area contributed by atoms with Gasteiger partial charge in [0.1, 0.15) is 0 Å². The molecule has 1 aliphatic heterocycles. The first-order valence-corrected chi connectivity index (χ1v) is 9.11. The van der Waals surface area contributed by atoms with E-state index in [1.54, 1.807) is 0 Å². The molecule has 0 amide bonds. The van der Waals surface area contributed by atoms with E-state index in [-0.39, 0.29) is 0 Å². The van der Waals surface area contributed by atoms with E-state index in [0.29, 0.717) is 6.04 Å². The van der Waals surface area contributed by atoms with Gasteiger partial charge in [-0.1, -0.05) is 18.3 Å². The zero-order valence-electron chi connectivity index (χ0n) is 13.2. The Balaban J connectivity index is 1.67. The van der Waals surface area contributed by atoms with Crippen LogP contribution >= 0.6 is 11.3 Å². The number of nitrogens with one attached hydrogen (secondary N) is 1. The van der Waals surface area contributed by atoms with Gasteiger partial charge in [0.25, 0.3) is 0 Å². The van der Waals surface area contributed by atoms with Crippen molar-refractivity contribution in [1.29, 1.82) is 0 Å². The van der Waals surface area contributed by atoms with Crippen LogP contribution in [0.15, 0.2) is 0 Å². The van der Waals surface area contributed by atoms with Crippen LogP contribution in [0, 0.1) is 5.92 Å². The minimum Gasteiger partial charge on any atom is -0.381 e. The highest BCUT2D eigenvalue weighted by atomic mass is 32.1. The van der Waals surface area contributed by atoms with Crippen molar-refractivity contribution < 1.29 is 4.74 Å². The molecule has 0 saturated carbocycles. The maximum Gasteiger partial charge on any atom is 0.185 e. The van der Waals surface area contributed by atoms with Crippen LogP contribution in [0.5, 0.6) is 0 Å². The van der Waals surface area contributed by atoms with E-state index in [1.165, 1.54) is 41.4 Å². The Morgan fingerprint density at radius 1 is 1.33 bits per heavy atom. The van der Waals surface area contributed by atoms with Crippen molar-refractivity contribution in [2.24, 2.45) is 5.92 Å². The molecule has 1 aromatic heterocycles. The summed E-state index contributed by atoms with van der Waals surface area (Å²) in [6.45, 7) is 6.19. The number of thiazole rings is 1. The van der Waals surface area contributed by atoms with Crippen LogP contribution in [0.3, 0.4) is 0 Å². The fourth-order valence-corrected chi connectivity index (χ4v) is 4.60. The second-order valence-electron chi connectivity index (χ2n) is 6.25. The molecule has 1 aromatic rings. The second kappa shape index (κ2) is 7.07. The first-order valence-electron chi connectivity index (χ1n) is 8.29. The van der Waals surface area contributed by atoms with Gasteiger partial charge in [0, 0.05) is 37.7 Å². The topological polar surface area (TPSA) is 37.4 Å². The summed E-state index contributed by atoms with van der Waals surface area (Å²) in [6, 6.07) is 0.529. The zero-order chi connectivity index (χ0) is 14.7. The lowest BCUT2D eigenvalue weighted by molar-refractivity contribution is 0.0685. The minimum atomic E-state index is 0.529. The monoisotopic (exact) mass is 309 g/mol. The molecule has 1 fully saturated rings. The molecule has 21 heavy (non-hydrogen) atoms. The average Bonchev–Trinajstić information content (AvgIpc) is 2.94. The Labute approximate surface area is 131 Å². The lowest BCUT2D eigenvalue weighted by atomic mass is 9.98. The summed E-state index contributed by atoms with van der Waals surface area (Å²) in [7, 11) is 2.20. The third-order valence-corrected chi connectivity index (χ3v) is 5.91. The van der Waals surface area contributed by atoms with E-state index in [1.807, 2.05) is 11.3 Å².